The number of benzene rings is 3. The van der Waals surface area contributed by atoms with Crippen molar-refractivity contribution in [2.45, 2.75) is 49.6 Å². The molecule has 1 saturated heterocycles. The smallest absolute Gasteiger partial charge is 0.338 e. The molecule has 1 aliphatic heterocycles. The molecule has 44 heavy (non-hydrogen) atoms. The normalized spacial score (nSPS) is 21.7. The van der Waals surface area contributed by atoms with Crippen LogP contribution in [-0.4, -0.2) is 71.6 Å². The van der Waals surface area contributed by atoms with E-state index in [0.29, 0.717) is 5.56 Å². The van der Waals surface area contributed by atoms with Crippen molar-refractivity contribution in [2.75, 3.05) is 13.2 Å². The molecule has 0 saturated carbocycles. The third-order valence-corrected chi connectivity index (χ3v) is 8.13. The fourth-order valence-corrected chi connectivity index (χ4v) is 5.88. The lowest BCUT2D eigenvalue weighted by Gasteiger charge is -2.31. The van der Waals surface area contributed by atoms with Crippen LogP contribution in [0.1, 0.15) is 34.8 Å². The lowest BCUT2D eigenvalue weighted by Crippen LogP contribution is -2.54. The molecular weight excluding hydrogens is 679 g/mol. The average molecular weight is 713 g/mol. The molecule has 5 atom stereocenters. The van der Waals surface area contributed by atoms with Gasteiger partial charge in [0.15, 0.2) is 0 Å². The van der Waals surface area contributed by atoms with Crippen molar-refractivity contribution in [3.8, 4) is 0 Å². The van der Waals surface area contributed by atoms with Crippen LogP contribution in [0.3, 0.4) is 0 Å². The number of aliphatic hydroxyl groups excluding tert-OH is 2. The quantitative estimate of drug-likeness (QED) is 0.186. The Bertz CT molecular complexity index is 1470. The summed E-state index contributed by atoms with van der Waals surface area (Å²) < 4.78 is 20.3. The Labute approximate surface area is 268 Å². The zero-order valence-corrected chi connectivity index (χ0v) is 26.0. The molecule has 3 aromatic rings. The number of halogens is 1. The van der Waals surface area contributed by atoms with Crippen molar-refractivity contribution in [1.29, 1.82) is 0 Å². The van der Waals surface area contributed by atoms with Crippen LogP contribution in [0.4, 0.5) is 0 Å². The van der Waals surface area contributed by atoms with Crippen molar-refractivity contribution >= 4 is 40.4 Å². The maximum Gasteiger partial charge on any atom is 0.338 e. The van der Waals surface area contributed by atoms with Gasteiger partial charge in [-0.15, -0.1) is 0 Å². The second-order valence-electron chi connectivity index (χ2n) is 10.6. The maximum absolute atomic E-state index is 13.6. The standard InChI is InChI=1S/C33H33IN2O8/c1-20(38)28(31(40)35-15-16-37)36-30(39)22-18-26(42-32(41)21-9-8-14-25(34)17-21)29-27(19-22)43-33(44-29,23-10-4-2-5-11-23)24-12-6-3-7-13-24/h2-14,17,19-20,26-29,37-38H,15-16,18H2,1H3,(H,35,40)(H,36,39). The Morgan fingerprint density at radius 3 is 2.25 bits per heavy atom. The van der Waals surface area contributed by atoms with E-state index in [2.05, 4.69) is 33.2 Å². The predicted molar refractivity (Wildman–Crippen MR) is 168 cm³/mol. The van der Waals surface area contributed by atoms with E-state index >= 15 is 0 Å². The number of fused-ring (bicyclic) bond motifs is 1. The summed E-state index contributed by atoms with van der Waals surface area (Å²) in [6, 6.07) is 24.5. The van der Waals surface area contributed by atoms with E-state index in [4.69, 9.17) is 19.3 Å². The minimum absolute atomic E-state index is 0.0313. The fraction of sp³-hybridized carbons (Fsp3) is 0.303. The minimum atomic E-state index is -1.36. The maximum atomic E-state index is 13.6. The van der Waals surface area contributed by atoms with Gasteiger partial charge in [0.1, 0.15) is 24.4 Å². The highest BCUT2D eigenvalue weighted by Gasteiger charge is 2.55. The van der Waals surface area contributed by atoms with E-state index in [1.807, 2.05) is 66.7 Å². The SMILES string of the molecule is CC(O)C(NC(=O)C1=CC2OC(c3ccccc3)(c3ccccc3)OC2C(OC(=O)c2cccc(I)c2)C1)C(=O)NCCO. The van der Waals surface area contributed by atoms with Crippen molar-refractivity contribution in [2.24, 2.45) is 0 Å². The van der Waals surface area contributed by atoms with Gasteiger partial charge in [-0.2, -0.15) is 0 Å². The number of esters is 1. The molecule has 3 aromatic carbocycles. The number of carbonyl (C=O) groups excluding carboxylic acids is 3. The summed E-state index contributed by atoms with van der Waals surface area (Å²) in [5, 5.41) is 24.4. The van der Waals surface area contributed by atoms with Crippen molar-refractivity contribution in [3.05, 3.63) is 117 Å². The highest BCUT2D eigenvalue weighted by Crippen LogP contribution is 2.47. The number of rotatable bonds is 10. The Kier molecular flexibility index (Phi) is 10.1. The van der Waals surface area contributed by atoms with E-state index in [-0.39, 0.29) is 25.1 Å². The van der Waals surface area contributed by atoms with E-state index in [0.717, 1.165) is 14.7 Å². The van der Waals surface area contributed by atoms with Gasteiger partial charge in [0.05, 0.1) is 18.3 Å². The Morgan fingerprint density at radius 1 is 1.00 bits per heavy atom. The van der Waals surface area contributed by atoms with Crippen LogP contribution in [0, 0.1) is 3.57 Å². The largest absolute Gasteiger partial charge is 0.456 e. The van der Waals surface area contributed by atoms with Crippen LogP contribution < -0.4 is 10.6 Å². The van der Waals surface area contributed by atoms with Crippen LogP contribution in [-0.2, 0) is 29.6 Å². The molecule has 0 radical (unpaired) electrons. The van der Waals surface area contributed by atoms with Crippen LogP contribution in [0.25, 0.3) is 0 Å². The highest BCUT2D eigenvalue weighted by atomic mass is 127. The second kappa shape index (κ2) is 14.0. The van der Waals surface area contributed by atoms with Crippen molar-refractivity contribution < 1.29 is 38.8 Å². The molecule has 0 bridgehead atoms. The zero-order valence-electron chi connectivity index (χ0n) is 23.9. The summed E-state index contributed by atoms with van der Waals surface area (Å²) in [5.41, 5.74) is 1.99. The molecule has 1 fully saturated rings. The number of aliphatic hydroxyl groups is 2. The van der Waals surface area contributed by atoms with Crippen LogP contribution in [0.2, 0.25) is 0 Å². The molecule has 2 amide bonds. The van der Waals surface area contributed by atoms with Gasteiger partial charge >= 0.3 is 5.97 Å². The average Bonchev–Trinajstić information content (AvgIpc) is 3.44. The first kappa shape index (κ1) is 31.8. The van der Waals surface area contributed by atoms with Gasteiger partial charge < -0.3 is 35.1 Å². The molecular formula is C33H33IN2O8. The van der Waals surface area contributed by atoms with Crippen LogP contribution in [0.15, 0.2) is 96.6 Å². The highest BCUT2D eigenvalue weighted by molar-refractivity contribution is 14.1. The zero-order chi connectivity index (χ0) is 31.3. The Hall–Kier alpha value is -3.62. The van der Waals surface area contributed by atoms with Gasteiger partial charge in [0.2, 0.25) is 17.6 Å². The lowest BCUT2D eigenvalue weighted by molar-refractivity contribution is -0.157. The molecule has 1 aliphatic carbocycles. The monoisotopic (exact) mass is 712 g/mol. The minimum Gasteiger partial charge on any atom is -0.456 e. The van der Waals surface area contributed by atoms with E-state index in [1.165, 1.54) is 6.92 Å². The molecule has 5 rings (SSSR count). The molecule has 5 unspecified atom stereocenters. The number of ether oxygens (including phenoxy) is 3. The second-order valence-corrected chi connectivity index (χ2v) is 11.8. The van der Waals surface area contributed by atoms with Crippen molar-refractivity contribution in [3.63, 3.8) is 0 Å². The fourth-order valence-electron chi connectivity index (χ4n) is 5.34. The first-order valence-electron chi connectivity index (χ1n) is 14.2. The third-order valence-electron chi connectivity index (χ3n) is 7.46. The third kappa shape index (κ3) is 6.87. The molecule has 10 nitrogen and oxygen atoms in total. The summed E-state index contributed by atoms with van der Waals surface area (Å²) in [7, 11) is 0. The van der Waals surface area contributed by atoms with Gasteiger partial charge in [-0.1, -0.05) is 66.7 Å². The molecule has 0 spiro atoms. The van der Waals surface area contributed by atoms with Gasteiger partial charge in [0.25, 0.3) is 0 Å². The number of hydrogen-bond donors (Lipinski definition) is 4. The predicted octanol–water partition coefficient (Wildman–Crippen LogP) is 2.81. The Balaban J connectivity index is 1.50. The molecule has 1 heterocycles. The Morgan fingerprint density at radius 2 is 1.66 bits per heavy atom. The molecule has 230 valence electrons. The molecule has 4 N–H and O–H groups in total. The van der Waals surface area contributed by atoms with Crippen LogP contribution >= 0.6 is 22.6 Å². The molecule has 0 aromatic heterocycles. The summed E-state index contributed by atoms with van der Waals surface area (Å²) in [5.74, 6) is -3.23. The topological polar surface area (TPSA) is 143 Å². The summed E-state index contributed by atoms with van der Waals surface area (Å²) in [6.45, 7) is 1.05. The van der Waals surface area contributed by atoms with E-state index < -0.39 is 54.0 Å². The first-order chi connectivity index (χ1) is 21.2. The van der Waals surface area contributed by atoms with Gasteiger partial charge in [0, 0.05) is 33.2 Å². The van der Waals surface area contributed by atoms with Gasteiger partial charge in [-0.05, 0) is 53.8 Å². The van der Waals surface area contributed by atoms with Crippen LogP contribution in [0.5, 0.6) is 0 Å². The number of carbonyl (C=O) groups is 3. The summed E-state index contributed by atoms with van der Waals surface area (Å²) in [4.78, 5) is 39.5. The summed E-state index contributed by atoms with van der Waals surface area (Å²) >= 11 is 2.11. The van der Waals surface area contributed by atoms with E-state index in [1.54, 1.807) is 24.3 Å². The van der Waals surface area contributed by atoms with E-state index in [9.17, 15) is 19.5 Å². The van der Waals surface area contributed by atoms with Gasteiger partial charge in [-0.25, -0.2) is 4.79 Å². The summed E-state index contributed by atoms with van der Waals surface area (Å²) in [6.07, 6.45) is -2.16. The number of nitrogens with one attached hydrogen (secondary N) is 2. The number of hydrogen-bond acceptors (Lipinski definition) is 8. The molecule has 2 aliphatic rings. The lowest BCUT2D eigenvalue weighted by atomic mass is 9.91. The van der Waals surface area contributed by atoms with Crippen molar-refractivity contribution in [1.82, 2.24) is 10.6 Å². The first-order valence-corrected chi connectivity index (χ1v) is 15.3. The number of amides is 2. The molecule has 11 heteroatoms. The van der Waals surface area contributed by atoms with Gasteiger partial charge in [-0.3, -0.25) is 9.59 Å².